The summed E-state index contributed by atoms with van der Waals surface area (Å²) in [5.74, 6) is 7.26. The van der Waals surface area contributed by atoms with Gasteiger partial charge in [-0.05, 0) is 50.9 Å². The molecule has 0 aliphatic heterocycles. The van der Waals surface area contributed by atoms with Crippen molar-refractivity contribution >= 4 is 5.78 Å². The van der Waals surface area contributed by atoms with Crippen molar-refractivity contribution in [1.82, 2.24) is 0 Å². The predicted octanol–water partition coefficient (Wildman–Crippen LogP) is 3.32. The predicted molar refractivity (Wildman–Crippen MR) is 94.1 cm³/mol. The van der Waals surface area contributed by atoms with Gasteiger partial charge in [0.15, 0.2) is 0 Å². The van der Waals surface area contributed by atoms with E-state index in [0.29, 0.717) is 12.2 Å². The molecule has 0 bridgehead atoms. The van der Waals surface area contributed by atoms with Crippen LogP contribution in [-0.2, 0) is 4.79 Å². The first kappa shape index (κ1) is 18.0. The zero-order valence-corrected chi connectivity index (χ0v) is 15.1. The number of hydrogen-bond donors (Lipinski definition) is 2. The number of ketones is 1. The molecule has 3 saturated carbocycles. The molecule has 3 aliphatic carbocycles. The number of carbonyl (C=O) groups is 1. The minimum atomic E-state index is -0.962. The maximum Gasteiger partial charge on any atom is 0.139 e. The van der Waals surface area contributed by atoms with Gasteiger partial charge < -0.3 is 10.2 Å². The summed E-state index contributed by atoms with van der Waals surface area (Å²) < 4.78 is 0. The number of unbranched alkanes of at least 4 members (excludes halogenated alkanes) is 1. The summed E-state index contributed by atoms with van der Waals surface area (Å²) in [6, 6.07) is 0. The van der Waals surface area contributed by atoms with Gasteiger partial charge >= 0.3 is 0 Å². The fourth-order valence-corrected chi connectivity index (χ4v) is 5.21. The number of aliphatic hydroxyl groups excluding tert-OH is 1. The van der Waals surface area contributed by atoms with E-state index >= 15 is 0 Å². The summed E-state index contributed by atoms with van der Waals surface area (Å²) in [6.07, 6.45) is 8.54. The number of fused-ring (bicyclic) bond motifs is 1. The zero-order valence-electron chi connectivity index (χ0n) is 15.1. The monoisotopic (exact) mass is 332 g/mol. The van der Waals surface area contributed by atoms with E-state index in [2.05, 4.69) is 18.8 Å². The normalized spacial score (nSPS) is 38.7. The molecule has 0 saturated heterocycles. The SMILES string of the molecule is CCCCC1C(=O)[C@H]2CC[C@@H](O)[C@H](C#C[C@@](C)(O)C3CCCC3)[C@@H]12. The van der Waals surface area contributed by atoms with E-state index in [1.54, 1.807) is 0 Å². The average Bonchev–Trinajstić information content (AvgIpc) is 3.09. The van der Waals surface area contributed by atoms with Crippen LogP contribution < -0.4 is 0 Å². The Balaban J connectivity index is 1.75. The second-order valence-corrected chi connectivity index (χ2v) is 8.40. The lowest BCUT2D eigenvalue weighted by Crippen LogP contribution is -2.56. The lowest BCUT2D eigenvalue weighted by atomic mass is 9.52. The Hall–Kier alpha value is -0.850. The van der Waals surface area contributed by atoms with Gasteiger partial charge in [0, 0.05) is 11.8 Å². The van der Waals surface area contributed by atoms with Crippen molar-refractivity contribution in [3.8, 4) is 11.8 Å². The zero-order chi connectivity index (χ0) is 17.3. The topological polar surface area (TPSA) is 57.5 Å². The molecule has 1 unspecified atom stereocenters. The fourth-order valence-electron chi connectivity index (χ4n) is 5.21. The molecule has 24 heavy (non-hydrogen) atoms. The smallest absolute Gasteiger partial charge is 0.139 e. The molecule has 3 rings (SSSR count). The Bertz CT molecular complexity index is 521. The number of hydrogen-bond acceptors (Lipinski definition) is 3. The minimum absolute atomic E-state index is 0.0839. The molecule has 0 heterocycles. The summed E-state index contributed by atoms with van der Waals surface area (Å²) in [4.78, 5) is 12.4. The molecular weight excluding hydrogens is 300 g/mol. The van der Waals surface area contributed by atoms with Gasteiger partial charge in [0.05, 0.1) is 12.0 Å². The van der Waals surface area contributed by atoms with Crippen molar-refractivity contribution in [3.05, 3.63) is 0 Å². The number of Topliss-reactive ketones (excluding diaryl/α,β-unsaturated/α-hetero) is 1. The van der Waals surface area contributed by atoms with E-state index in [1.807, 2.05) is 6.92 Å². The van der Waals surface area contributed by atoms with E-state index in [9.17, 15) is 15.0 Å². The molecule has 0 spiro atoms. The molecule has 0 aromatic rings. The first-order valence-corrected chi connectivity index (χ1v) is 9.92. The maximum absolute atomic E-state index is 12.4. The number of rotatable bonds is 4. The second kappa shape index (κ2) is 7.18. The van der Waals surface area contributed by atoms with Crippen LogP contribution in [0.15, 0.2) is 0 Å². The third kappa shape index (κ3) is 3.28. The molecule has 0 aromatic carbocycles. The molecule has 3 heteroatoms. The van der Waals surface area contributed by atoms with Gasteiger partial charge in [-0.15, -0.1) is 0 Å². The highest BCUT2D eigenvalue weighted by molar-refractivity contribution is 5.90. The molecule has 2 N–H and O–H groups in total. The van der Waals surface area contributed by atoms with Crippen LogP contribution in [0.5, 0.6) is 0 Å². The Morgan fingerprint density at radius 1 is 1.21 bits per heavy atom. The van der Waals surface area contributed by atoms with Crippen molar-refractivity contribution in [1.29, 1.82) is 0 Å². The molecule has 134 valence electrons. The molecule has 3 fully saturated rings. The standard InChI is InChI=1S/C21H32O3/c1-3-4-9-16-19-15(18(22)11-10-17(19)20(16)23)12-13-21(2,24)14-7-5-6-8-14/h14-19,22,24H,3-11H2,1-2H3/t15-,16?,17-,18+,19-,21+/m0/s1. The highest BCUT2D eigenvalue weighted by Gasteiger charge is 2.55. The van der Waals surface area contributed by atoms with Crippen LogP contribution in [0.25, 0.3) is 0 Å². The average molecular weight is 332 g/mol. The maximum atomic E-state index is 12.4. The van der Waals surface area contributed by atoms with E-state index in [4.69, 9.17) is 0 Å². The van der Waals surface area contributed by atoms with Gasteiger partial charge in [-0.25, -0.2) is 0 Å². The minimum Gasteiger partial charge on any atom is -0.392 e. The van der Waals surface area contributed by atoms with Gasteiger partial charge in [-0.3, -0.25) is 4.79 Å². The highest BCUT2D eigenvalue weighted by atomic mass is 16.3. The van der Waals surface area contributed by atoms with Crippen molar-refractivity contribution in [2.75, 3.05) is 0 Å². The largest absolute Gasteiger partial charge is 0.392 e. The Morgan fingerprint density at radius 2 is 1.92 bits per heavy atom. The summed E-state index contributed by atoms with van der Waals surface area (Å²) >= 11 is 0. The van der Waals surface area contributed by atoms with E-state index in [0.717, 1.165) is 38.5 Å². The second-order valence-electron chi connectivity index (χ2n) is 8.40. The van der Waals surface area contributed by atoms with E-state index in [1.165, 1.54) is 12.8 Å². The summed E-state index contributed by atoms with van der Waals surface area (Å²) in [5.41, 5.74) is -0.962. The molecule has 0 amide bonds. The van der Waals surface area contributed by atoms with E-state index < -0.39 is 11.7 Å². The fraction of sp³-hybridized carbons (Fsp3) is 0.857. The van der Waals surface area contributed by atoms with Crippen LogP contribution in [0.2, 0.25) is 0 Å². The molecular formula is C21H32O3. The Morgan fingerprint density at radius 3 is 2.58 bits per heavy atom. The summed E-state index contributed by atoms with van der Waals surface area (Å²) in [5, 5.41) is 21.2. The first-order valence-electron chi connectivity index (χ1n) is 9.92. The summed E-state index contributed by atoms with van der Waals surface area (Å²) in [6.45, 7) is 3.97. The van der Waals surface area contributed by atoms with Crippen molar-refractivity contribution in [2.45, 2.75) is 83.3 Å². The molecule has 0 radical (unpaired) electrons. The van der Waals surface area contributed by atoms with Gasteiger partial charge in [-0.2, -0.15) is 0 Å². The van der Waals surface area contributed by atoms with Gasteiger partial charge in [0.25, 0.3) is 0 Å². The third-order valence-corrected chi connectivity index (χ3v) is 6.77. The number of carbonyl (C=O) groups excluding carboxylic acids is 1. The van der Waals surface area contributed by atoms with Crippen LogP contribution in [0, 0.1) is 41.4 Å². The van der Waals surface area contributed by atoms with Crippen LogP contribution in [0.4, 0.5) is 0 Å². The lowest BCUT2D eigenvalue weighted by Gasteiger charge is -2.50. The quantitative estimate of drug-likeness (QED) is 0.777. The van der Waals surface area contributed by atoms with Crippen LogP contribution in [0.1, 0.15) is 71.6 Å². The van der Waals surface area contributed by atoms with Gasteiger partial charge in [0.2, 0.25) is 0 Å². The Kier molecular flexibility index (Phi) is 5.37. The molecule has 3 aliphatic rings. The van der Waals surface area contributed by atoms with Gasteiger partial charge in [-0.1, -0.05) is 44.4 Å². The highest BCUT2D eigenvalue weighted by Crippen LogP contribution is 2.51. The molecule has 0 aromatic heterocycles. The van der Waals surface area contributed by atoms with Gasteiger partial charge in [0.1, 0.15) is 11.4 Å². The summed E-state index contributed by atoms with van der Waals surface area (Å²) in [7, 11) is 0. The van der Waals surface area contributed by atoms with E-state index in [-0.39, 0.29) is 29.6 Å². The Labute approximate surface area is 146 Å². The van der Waals surface area contributed by atoms with Crippen molar-refractivity contribution in [3.63, 3.8) is 0 Å². The third-order valence-electron chi connectivity index (χ3n) is 6.77. The molecule has 3 nitrogen and oxygen atoms in total. The van der Waals surface area contributed by atoms with Crippen LogP contribution >= 0.6 is 0 Å². The van der Waals surface area contributed by atoms with Crippen molar-refractivity contribution in [2.24, 2.45) is 29.6 Å². The van der Waals surface area contributed by atoms with Crippen molar-refractivity contribution < 1.29 is 15.0 Å². The molecule has 6 atom stereocenters. The first-order chi connectivity index (χ1) is 11.5. The number of aliphatic hydroxyl groups is 2. The van der Waals surface area contributed by atoms with Crippen LogP contribution in [-0.4, -0.2) is 27.7 Å². The van der Waals surface area contributed by atoms with Crippen LogP contribution in [0.3, 0.4) is 0 Å². The lowest BCUT2D eigenvalue weighted by molar-refractivity contribution is -0.154.